The lowest BCUT2D eigenvalue weighted by molar-refractivity contribution is -0.116. The maximum Gasteiger partial charge on any atom is 0.253 e. The van der Waals surface area contributed by atoms with Gasteiger partial charge in [0.1, 0.15) is 11.9 Å². The van der Waals surface area contributed by atoms with Gasteiger partial charge in [-0.2, -0.15) is 11.8 Å². The lowest BCUT2D eigenvalue weighted by atomic mass is 10.1. The summed E-state index contributed by atoms with van der Waals surface area (Å²) in [6.45, 7) is 2.80. The number of carbonyl (C=O) groups is 2. The summed E-state index contributed by atoms with van der Waals surface area (Å²) in [5.41, 5.74) is 3.02. The van der Waals surface area contributed by atoms with E-state index in [-0.39, 0.29) is 23.7 Å². The largest absolute Gasteiger partial charge is 0.371 e. The molecule has 1 atom stereocenters. The smallest absolute Gasteiger partial charge is 0.253 e. The number of hydrogen-bond acceptors (Lipinski definition) is 4. The molecular formula is C22H26FN3O2S. The second-order valence-corrected chi connectivity index (χ2v) is 8.20. The van der Waals surface area contributed by atoms with Gasteiger partial charge in [0, 0.05) is 30.7 Å². The van der Waals surface area contributed by atoms with Gasteiger partial charge in [0.15, 0.2) is 0 Å². The van der Waals surface area contributed by atoms with E-state index in [1.54, 1.807) is 48.0 Å². The van der Waals surface area contributed by atoms with Gasteiger partial charge in [-0.15, -0.1) is 0 Å². The summed E-state index contributed by atoms with van der Waals surface area (Å²) in [6, 6.07) is 11.4. The minimum atomic E-state index is -0.360. The van der Waals surface area contributed by atoms with Gasteiger partial charge in [-0.25, -0.2) is 4.39 Å². The zero-order chi connectivity index (χ0) is 20.8. The van der Waals surface area contributed by atoms with Crippen LogP contribution in [0.5, 0.6) is 0 Å². The number of amides is 2. The molecule has 3 rings (SSSR count). The van der Waals surface area contributed by atoms with Crippen LogP contribution in [0.4, 0.5) is 15.8 Å². The van der Waals surface area contributed by atoms with Crippen LogP contribution < -0.4 is 10.6 Å². The molecule has 2 aromatic carbocycles. The Morgan fingerprint density at radius 3 is 2.66 bits per heavy atom. The topological polar surface area (TPSA) is 61.4 Å². The molecule has 2 amide bonds. The van der Waals surface area contributed by atoms with Crippen LogP contribution in [-0.4, -0.2) is 42.1 Å². The third-order valence-electron chi connectivity index (χ3n) is 4.83. The molecule has 1 heterocycles. The van der Waals surface area contributed by atoms with Crippen LogP contribution in [0.1, 0.15) is 35.7 Å². The first-order valence-electron chi connectivity index (χ1n) is 9.77. The van der Waals surface area contributed by atoms with E-state index in [1.807, 2.05) is 6.07 Å². The van der Waals surface area contributed by atoms with Gasteiger partial charge in [-0.3, -0.25) is 9.59 Å². The summed E-state index contributed by atoms with van der Waals surface area (Å²) in [4.78, 5) is 26.7. The lowest BCUT2D eigenvalue weighted by Gasteiger charge is -2.27. The van der Waals surface area contributed by atoms with Crippen LogP contribution in [0.15, 0.2) is 42.5 Å². The minimum absolute atomic E-state index is 0.0486. The molecule has 2 aromatic rings. The van der Waals surface area contributed by atoms with Gasteiger partial charge >= 0.3 is 0 Å². The lowest BCUT2D eigenvalue weighted by Crippen LogP contribution is -2.40. The zero-order valence-corrected chi connectivity index (χ0v) is 17.5. The van der Waals surface area contributed by atoms with Gasteiger partial charge in [0.25, 0.3) is 5.91 Å². The van der Waals surface area contributed by atoms with Crippen molar-refractivity contribution in [3.05, 3.63) is 59.4 Å². The third kappa shape index (κ3) is 5.50. The van der Waals surface area contributed by atoms with Gasteiger partial charge in [0.2, 0.25) is 5.91 Å². The number of thioether (sulfide) groups is 1. The highest BCUT2D eigenvalue weighted by molar-refractivity contribution is 7.98. The predicted octanol–water partition coefficient (Wildman–Crippen LogP) is 4.36. The van der Waals surface area contributed by atoms with Crippen molar-refractivity contribution in [3.8, 4) is 0 Å². The van der Waals surface area contributed by atoms with Crippen LogP contribution in [0, 0.1) is 5.82 Å². The molecule has 7 heteroatoms. The molecule has 0 aliphatic carbocycles. The summed E-state index contributed by atoms with van der Waals surface area (Å²) in [5, 5.41) is 6.16. The van der Waals surface area contributed by atoms with Crippen LogP contribution in [-0.2, 0) is 10.5 Å². The van der Waals surface area contributed by atoms with Crippen molar-refractivity contribution in [1.82, 2.24) is 4.90 Å². The number of anilines is 2. The van der Waals surface area contributed by atoms with Crippen molar-refractivity contribution < 1.29 is 14.0 Å². The van der Waals surface area contributed by atoms with E-state index in [2.05, 4.69) is 17.6 Å². The Bertz CT molecular complexity index is 873. The normalized spacial score (nSPS) is 15.3. The van der Waals surface area contributed by atoms with E-state index >= 15 is 0 Å². The first-order valence-corrected chi connectivity index (χ1v) is 10.9. The highest BCUT2D eigenvalue weighted by Crippen LogP contribution is 2.29. The summed E-state index contributed by atoms with van der Waals surface area (Å²) in [5.74, 6) is 0.873. The first-order chi connectivity index (χ1) is 14.0. The number of rotatable bonds is 8. The van der Waals surface area contributed by atoms with Gasteiger partial charge in [-0.05, 0) is 42.3 Å². The summed E-state index contributed by atoms with van der Waals surface area (Å²) < 4.78 is 13.0. The Labute approximate surface area is 175 Å². The predicted molar refractivity (Wildman–Crippen MR) is 117 cm³/mol. The number of benzene rings is 2. The number of fused-ring (bicyclic) bond motifs is 1. The van der Waals surface area contributed by atoms with Crippen LogP contribution >= 0.6 is 11.8 Å². The van der Waals surface area contributed by atoms with Crippen LogP contribution in [0.3, 0.4) is 0 Å². The maximum absolute atomic E-state index is 13.0. The number of nitrogens with zero attached hydrogens (tertiary/aromatic N) is 1. The molecule has 0 spiro atoms. The molecule has 2 N–H and O–H groups in total. The van der Waals surface area contributed by atoms with Crippen LogP contribution in [0.25, 0.3) is 0 Å². The van der Waals surface area contributed by atoms with Crippen LogP contribution in [0.2, 0.25) is 0 Å². The number of hydrogen-bond donors (Lipinski definition) is 2. The fraction of sp³-hybridized carbons (Fsp3) is 0.364. The molecule has 29 heavy (non-hydrogen) atoms. The van der Waals surface area contributed by atoms with Crippen molar-refractivity contribution in [3.63, 3.8) is 0 Å². The monoisotopic (exact) mass is 415 g/mol. The van der Waals surface area contributed by atoms with E-state index in [4.69, 9.17) is 0 Å². The second kappa shape index (κ2) is 9.78. The van der Waals surface area contributed by atoms with E-state index in [0.29, 0.717) is 29.3 Å². The number of unbranched alkanes of at least 4 members (excludes halogenated alkanes) is 1. The van der Waals surface area contributed by atoms with Gasteiger partial charge in [0.05, 0.1) is 11.4 Å². The van der Waals surface area contributed by atoms with E-state index < -0.39 is 0 Å². The SMILES string of the molecule is CCCCN(C)C(=O)c1ccc2c(c1)NC(=O)C(CSCc1ccc(F)cc1)N2. The molecule has 0 fully saturated rings. The molecule has 0 bridgehead atoms. The highest BCUT2D eigenvalue weighted by atomic mass is 32.2. The van der Waals surface area contributed by atoms with Crippen molar-refractivity contribution in [2.75, 3.05) is 30.0 Å². The fourth-order valence-electron chi connectivity index (χ4n) is 3.09. The number of carbonyl (C=O) groups excluding carboxylic acids is 2. The van der Waals surface area contributed by atoms with E-state index in [9.17, 15) is 14.0 Å². The number of nitrogens with one attached hydrogen (secondary N) is 2. The molecule has 1 unspecified atom stereocenters. The minimum Gasteiger partial charge on any atom is -0.371 e. The summed E-state index contributed by atoms with van der Waals surface area (Å²) >= 11 is 1.61. The molecule has 154 valence electrons. The average Bonchev–Trinajstić information content (AvgIpc) is 2.72. The quantitative estimate of drug-likeness (QED) is 0.672. The standard InChI is InChI=1S/C22H26FN3O2S/c1-3-4-11-26(2)22(28)16-7-10-18-19(12-16)25-21(27)20(24-18)14-29-13-15-5-8-17(23)9-6-15/h5-10,12,20,24H,3-4,11,13-14H2,1-2H3,(H,25,27). The molecule has 0 saturated heterocycles. The van der Waals surface area contributed by atoms with Crippen molar-refractivity contribution in [1.29, 1.82) is 0 Å². The molecule has 0 saturated carbocycles. The van der Waals surface area contributed by atoms with E-state index in [1.165, 1.54) is 12.1 Å². The Balaban J connectivity index is 1.59. The average molecular weight is 416 g/mol. The first kappa shape index (κ1) is 21.2. The molecule has 5 nitrogen and oxygen atoms in total. The van der Waals surface area contributed by atoms with Crippen molar-refractivity contribution in [2.45, 2.75) is 31.6 Å². The number of halogens is 1. The Hall–Kier alpha value is -2.54. The zero-order valence-electron chi connectivity index (χ0n) is 16.7. The molecule has 1 aliphatic rings. The molecular weight excluding hydrogens is 389 g/mol. The van der Waals surface area contributed by atoms with E-state index in [0.717, 1.165) is 24.1 Å². The fourth-order valence-corrected chi connectivity index (χ4v) is 4.11. The van der Waals surface area contributed by atoms with Crippen molar-refractivity contribution in [2.24, 2.45) is 0 Å². The molecule has 0 radical (unpaired) electrons. The van der Waals surface area contributed by atoms with Gasteiger partial charge in [-0.1, -0.05) is 25.5 Å². The molecule has 0 aromatic heterocycles. The Morgan fingerprint density at radius 2 is 1.93 bits per heavy atom. The third-order valence-corrected chi connectivity index (χ3v) is 5.94. The second-order valence-electron chi connectivity index (χ2n) is 7.17. The Morgan fingerprint density at radius 1 is 1.17 bits per heavy atom. The summed E-state index contributed by atoms with van der Waals surface area (Å²) in [7, 11) is 1.79. The highest BCUT2D eigenvalue weighted by Gasteiger charge is 2.26. The maximum atomic E-state index is 13.0. The van der Waals surface area contributed by atoms with Gasteiger partial charge < -0.3 is 15.5 Å². The summed E-state index contributed by atoms with van der Waals surface area (Å²) in [6.07, 6.45) is 1.99. The van der Waals surface area contributed by atoms with Crippen molar-refractivity contribution >= 4 is 35.0 Å². The Kier molecular flexibility index (Phi) is 7.14. The molecule has 1 aliphatic heterocycles.